The summed E-state index contributed by atoms with van der Waals surface area (Å²) < 4.78 is 10.5. The van der Waals surface area contributed by atoms with E-state index in [9.17, 15) is 0 Å². The van der Waals surface area contributed by atoms with Crippen LogP contribution in [0.2, 0.25) is 0 Å². The first-order valence-corrected chi connectivity index (χ1v) is 7.62. The van der Waals surface area contributed by atoms with Crippen LogP contribution in [0.5, 0.6) is 0 Å². The van der Waals surface area contributed by atoms with E-state index in [1.54, 1.807) is 7.11 Å². The Bertz CT molecular complexity index is 355. The van der Waals surface area contributed by atoms with Gasteiger partial charge in [-0.25, -0.2) is 0 Å². The number of methoxy groups -OCH3 is 1. The second kappa shape index (κ2) is 10.8. The fraction of sp³-hybridized carbons (Fsp3) is 0.647. The van der Waals surface area contributed by atoms with Gasteiger partial charge >= 0.3 is 0 Å². The van der Waals surface area contributed by atoms with Gasteiger partial charge in [0.25, 0.3) is 0 Å². The first kappa shape index (κ1) is 17.2. The van der Waals surface area contributed by atoms with Crippen LogP contribution in [0, 0.1) is 6.92 Å². The Morgan fingerprint density at radius 2 is 2.05 bits per heavy atom. The van der Waals surface area contributed by atoms with Crippen LogP contribution in [0.25, 0.3) is 0 Å². The van der Waals surface area contributed by atoms with Crippen LogP contribution in [-0.4, -0.2) is 40.0 Å². The molecule has 0 fully saturated rings. The zero-order valence-electron chi connectivity index (χ0n) is 13.2. The van der Waals surface area contributed by atoms with E-state index in [4.69, 9.17) is 9.47 Å². The fourth-order valence-electron chi connectivity index (χ4n) is 2.31. The van der Waals surface area contributed by atoms with E-state index in [1.807, 2.05) is 0 Å². The van der Waals surface area contributed by atoms with Crippen molar-refractivity contribution in [1.82, 2.24) is 5.32 Å². The Balaban J connectivity index is 2.40. The monoisotopic (exact) mass is 279 g/mol. The predicted octanol–water partition coefficient (Wildman–Crippen LogP) is 3.13. The molecule has 0 saturated carbocycles. The van der Waals surface area contributed by atoms with Gasteiger partial charge in [-0.05, 0) is 37.8 Å². The third kappa shape index (κ3) is 7.04. The minimum atomic E-state index is 0.570. The molecule has 0 bridgehead atoms. The van der Waals surface area contributed by atoms with Gasteiger partial charge < -0.3 is 14.8 Å². The molecule has 1 aromatic rings. The largest absolute Gasteiger partial charge is 0.382 e. The standard InChI is InChI=1S/C17H29NO2/c1-4-18-14-17(9-6-10-20-12-11-19-3)16-8-5-7-15(2)13-16/h5,7-8,13,17-18H,4,6,9-12,14H2,1-3H3. The van der Waals surface area contributed by atoms with Crippen LogP contribution in [0.15, 0.2) is 24.3 Å². The molecule has 0 radical (unpaired) electrons. The summed E-state index contributed by atoms with van der Waals surface area (Å²) in [6.07, 6.45) is 2.25. The number of hydrogen-bond acceptors (Lipinski definition) is 3. The highest BCUT2D eigenvalue weighted by atomic mass is 16.5. The lowest BCUT2D eigenvalue weighted by atomic mass is 9.93. The average molecular weight is 279 g/mol. The molecule has 0 aliphatic carbocycles. The minimum Gasteiger partial charge on any atom is -0.382 e. The lowest BCUT2D eigenvalue weighted by Crippen LogP contribution is -2.21. The molecule has 1 unspecified atom stereocenters. The summed E-state index contributed by atoms with van der Waals surface area (Å²) in [5.41, 5.74) is 2.77. The first-order chi connectivity index (χ1) is 9.77. The van der Waals surface area contributed by atoms with Crippen molar-refractivity contribution in [3.05, 3.63) is 35.4 Å². The summed E-state index contributed by atoms with van der Waals surface area (Å²) in [7, 11) is 1.70. The number of aryl methyl sites for hydroxylation is 1. The summed E-state index contributed by atoms with van der Waals surface area (Å²) in [6.45, 7) is 8.56. The molecule has 1 N–H and O–H groups in total. The molecule has 3 nitrogen and oxygen atoms in total. The van der Waals surface area contributed by atoms with Gasteiger partial charge in [-0.2, -0.15) is 0 Å². The van der Waals surface area contributed by atoms with E-state index >= 15 is 0 Å². The highest BCUT2D eigenvalue weighted by molar-refractivity contribution is 5.25. The van der Waals surface area contributed by atoms with Crippen molar-refractivity contribution in [1.29, 1.82) is 0 Å². The van der Waals surface area contributed by atoms with E-state index in [1.165, 1.54) is 11.1 Å². The van der Waals surface area contributed by atoms with Crippen molar-refractivity contribution in [2.75, 3.05) is 40.0 Å². The molecular weight excluding hydrogens is 250 g/mol. The third-order valence-electron chi connectivity index (χ3n) is 3.43. The molecule has 1 rings (SSSR count). The maximum atomic E-state index is 5.54. The summed E-state index contributed by atoms with van der Waals surface area (Å²) in [6, 6.07) is 8.84. The van der Waals surface area contributed by atoms with Crippen LogP contribution < -0.4 is 5.32 Å². The molecule has 0 saturated heterocycles. The maximum Gasteiger partial charge on any atom is 0.0700 e. The predicted molar refractivity (Wildman–Crippen MR) is 84.4 cm³/mol. The smallest absolute Gasteiger partial charge is 0.0700 e. The number of nitrogens with one attached hydrogen (secondary N) is 1. The first-order valence-electron chi connectivity index (χ1n) is 7.62. The van der Waals surface area contributed by atoms with E-state index in [2.05, 4.69) is 43.4 Å². The van der Waals surface area contributed by atoms with Crippen LogP contribution in [-0.2, 0) is 9.47 Å². The second-order valence-corrected chi connectivity index (χ2v) is 5.17. The van der Waals surface area contributed by atoms with Gasteiger partial charge in [-0.15, -0.1) is 0 Å². The topological polar surface area (TPSA) is 30.5 Å². The Labute approximate surface area is 123 Å². The van der Waals surface area contributed by atoms with Crippen molar-refractivity contribution < 1.29 is 9.47 Å². The minimum absolute atomic E-state index is 0.570. The SMILES string of the molecule is CCNCC(CCCOCCOC)c1cccc(C)c1. The number of benzene rings is 1. The number of likely N-dealkylation sites (N-methyl/N-ethyl adjacent to an activating group) is 1. The van der Waals surface area contributed by atoms with Gasteiger partial charge in [0.2, 0.25) is 0 Å². The quantitative estimate of drug-likeness (QED) is 0.631. The molecule has 0 amide bonds. The second-order valence-electron chi connectivity index (χ2n) is 5.17. The lowest BCUT2D eigenvalue weighted by molar-refractivity contribution is 0.0681. The van der Waals surface area contributed by atoms with Crippen molar-refractivity contribution in [2.45, 2.75) is 32.6 Å². The van der Waals surface area contributed by atoms with Gasteiger partial charge in [0, 0.05) is 20.3 Å². The molecule has 1 atom stereocenters. The molecular formula is C17H29NO2. The van der Waals surface area contributed by atoms with Crippen LogP contribution in [0.3, 0.4) is 0 Å². The molecule has 114 valence electrons. The Morgan fingerprint density at radius 3 is 2.75 bits per heavy atom. The summed E-state index contributed by atoms with van der Waals surface area (Å²) in [5, 5.41) is 3.47. The van der Waals surface area contributed by atoms with Gasteiger partial charge in [-0.1, -0.05) is 36.8 Å². The van der Waals surface area contributed by atoms with E-state index < -0.39 is 0 Å². The highest BCUT2D eigenvalue weighted by Gasteiger charge is 2.11. The maximum absolute atomic E-state index is 5.54. The summed E-state index contributed by atoms with van der Waals surface area (Å²) >= 11 is 0. The van der Waals surface area contributed by atoms with Gasteiger partial charge in [-0.3, -0.25) is 0 Å². The van der Waals surface area contributed by atoms with Crippen LogP contribution >= 0.6 is 0 Å². The average Bonchev–Trinajstić information content (AvgIpc) is 2.45. The zero-order chi connectivity index (χ0) is 14.6. The third-order valence-corrected chi connectivity index (χ3v) is 3.43. The van der Waals surface area contributed by atoms with E-state index in [0.717, 1.165) is 32.5 Å². The summed E-state index contributed by atoms with van der Waals surface area (Å²) in [4.78, 5) is 0. The number of rotatable bonds is 11. The lowest BCUT2D eigenvalue weighted by Gasteiger charge is -2.18. The molecule has 0 aliphatic heterocycles. The number of hydrogen-bond donors (Lipinski definition) is 1. The normalized spacial score (nSPS) is 12.6. The number of ether oxygens (including phenoxy) is 2. The van der Waals surface area contributed by atoms with E-state index in [-0.39, 0.29) is 0 Å². The fourth-order valence-corrected chi connectivity index (χ4v) is 2.31. The molecule has 0 heterocycles. The molecule has 0 spiro atoms. The van der Waals surface area contributed by atoms with Gasteiger partial charge in [0.05, 0.1) is 13.2 Å². The van der Waals surface area contributed by atoms with E-state index in [0.29, 0.717) is 19.1 Å². The highest BCUT2D eigenvalue weighted by Crippen LogP contribution is 2.21. The van der Waals surface area contributed by atoms with Crippen LogP contribution in [0.4, 0.5) is 0 Å². The Hall–Kier alpha value is -0.900. The molecule has 0 aliphatic rings. The van der Waals surface area contributed by atoms with Crippen molar-refractivity contribution >= 4 is 0 Å². The van der Waals surface area contributed by atoms with Crippen molar-refractivity contribution in [2.24, 2.45) is 0 Å². The Kier molecular flexibility index (Phi) is 9.29. The van der Waals surface area contributed by atoms with Crippen molar-refractivity contribution in [3.63, 3.8) is 0 Å². The van der Waals surface area contributed by atoms with Crippen molar-refractivity contribution in [3.8, 4) is 0 Å². The molecule has 0 aromatic heterocycles. The molecule has 1 aromatic carbocycles. The Morgan fingerprint density at radius 1 is 1.20 bits per heavy atom. The molecule has 20 heavy (non-hydrogen) atoms. The zero-order valence-corrected chi connectivity index (χ0v) is 13.2. The summed E-state index contributed by atoms with van der Waals surface area (Å²) in [5.74, 6) is 0.570. The van der Waals surface area contributed by atoms with Gasteiger partial charge in [0.15, 0.2) is 0 Å². The van der Waals surface area contributed by atoms with Crippen LogP contribution in [0.1, 0.15) is 36.8 Å². The van der Waals surface area contributed by atoms with Gasteiger partial charge in [0.1, 0.15) is 0 Å². The molecule has 3 heteroatoms.